The molecule has 1 aliphatic heterocycles. The summed E-state index contributed by atoms with van der Waals surface area (Å²) in [6.45, 7) is 3.27. The maximum atomic E-state index is 13.0. The zero-order valence-corrected chi connectivity index (χ0v) is 16.2. The van der Waals surface area contributed by atoms with Crippen LogP contribution >= 0.6 is 0 Å². The van der Waals surface area contributed by atoms with Crippen molar-refractivity contribution in [2.45, 2.75) is 31.7 Å². The first-order valence-electron chi connectivity index (χ1n) is 10.0. The number of carbonyl (C=O) groups is 1. The molecule has 150 valence electrons. The minimum atomic E-state index is -0.370. The minimum absolute atomic E-state index is 0.0334. The molecule has 2 aromatic rings. The summed E-state index contributed by atoms with van der Waals surface area (Å²) >= 11 is 0. The molecule has 1 aliphatic carbocycles. The number of amides is 1. The highest BCUT2D eigenvalue weighted by atomic mass is 19.1. The topological polar surface area (TPSA) is 69.5 Å². The molecular formula is C22H23FN4O2. The Bertz CT molecular complexity index is 921. The fraction of sp³-hybridized carbons (Fsp3) is 0.409. The van der Waals surface area contributed by atoms with Crippen LogP contribution in [0.2, 0.25) is 0 Å². The van der Waals surface area contributed by atoms with Gasteiger partial charge in [-0.3, -0.25) is 9.69 Å². The van der Waals surface area contributed by atoms with Crippen LogP contribution in [0.15, 0.2) is 36.4 Å². The van der Waals surface area contributed by atoms with Crippen LogP contribution in [0, 0.1) is 17.1 Å². The van der Waals surface area contributed by atoms with Gasteiger partial charge in [0.15, 0.2) is 11.4 Å². The molecule has 1 saturated carbocycles. The largest absolute Gasteiger partial charge is 0.454 e. The Morgan fingerprint density at radius 3 is 2.55 bits per heavy atom. The summed E-state index contributed by atoms with van der Waals surface area (Å²) < 4.78 is 18.7. The summed E-state index contributed by atoms with van der Waals surface area (Å²) in [5.74, 6) is 0.102. The first-order chi connectivity index (χ1) is 14.1. The smallest absolute Gasteiger partial charge is 0.272 e. The van der Waals surface area contributed by atoms with Crippen molar-refractivity contribution in [3.63, 3.8) is 0 Å². The number of benzene rings is 1. The first kappa shape index (κ1) is 19.3. The molecule has 1 amide bonds. The molecule has 0 spiro atoms. The lowest BCUT2D eigenvalue weighted by Gasteiger charge is -2.36. The standard InChI is InChI=1S/C22H23FN4O2/c23-16-5-7-18(8-6-16)29-21-10-9-19(25-20(21)15-24)22(28)27-12-2-11-26(13-14-27)17-3-1-4-17/h5-10,17H,1-4,11-14H2. The highest BCUT2D eigenvalue weighted by Gasteiger charge is 2.28. The summed E-state index contributed by atoms with van der Waals surface area (Å²) in [5, 5.41) is 9.45. The van der Waals surface area contributed by atoms with Crippen molar-refractivity contribution in [3.8, 4) is 17.6 Å². The van der Waals surface area contributed by atoms with Crippen LogP contribution in [0.3, 0.4) is 0 Å². The maximum absolute atomic E-state index is 13.0. The van der Waals surface area contributed by atoms with Crippen molar-refractivity contribution in [2.75, 3.05) is 26.2 Å². The van der Waals surface area contributed by atoms with Gasteiger partial charge in [-0.05, 0) is 55.7 Å². The van der Waals surface area contributed by atoms with E-state index in [1.54, 1.807) is 12.1 Å². The van der Waals surface area contributed by atoms with Crippen molar-refractivity contribution < 1.29 is 13.9 Å². The van der Waals surface area contributed by atoms with E-state index in [4.69, 9.17) is 4.74 Å². The Hall–Kier alpha value is -2.98. The van der Waals surface area contributed by atoms with Gasteiger partial charge < -0.3 is 9.64 Å². The van der Waals surface area contributed by atoms with E-state index in [2.05, 4.69) is 9.88 Å². The molecule has 2 fully saturated rings. The van der Waals surface area contributed by atoms with Crippen LogP contribution in [-0.4, -0.2) is 52.9 Å². The Morgan fingerprint density at radius 1 is 1.07 bits per heavy atom. The van der Waals surface area contributed by atoms with Crippen LogP contribution in [0.1, 0.15) is 41.9 Å². The van der Waals surface area contributed by atoms with Gasteiger partial charge in [0.05, 0.1) is 0 Å². The van der Waals surface area contributed by atoms with E-state index in [1.807, 2.05) is 11.0 Å². The summed E-state index contributed by atoms with van der Waals surface area (Å²) in [7, 11) is 0. The van der Waals surface area contributed by atoms with Gasteiger partial charge in [0.2, 0.25) is 0 Å². The van der Waals surface area contributed by atoms with Gasteiger partial charge >= 0.3 is 0 Å². The maximum Gasteiger partial charge on any atom is 0.272 e. The molecule has 2 aliphatic rings. The molecule has 1 aromatic heterocycles. The molecule has 0 bridgehead atoms. The molecular weight excluding hydrogens is 371 g/mol. The average molecular weight is 394 g/mol. The summed E-state index contributed by atoms with van der Waals surface area (Å²) in [6.07, 6.45) is 4.77. The summed E-state index contributed by atoms with van der Waals surface area (Å²) in [6, 6.07) is 11.3. The molecule has 0 radical (unpaired) electrons. The first-order valence-corrected chi connectivity index (χ1v) is 10.0. The number of ether oxygens (including phenoxy) is 1. The van der Waals surface area contributed by atoms with Crippen molar-refractivity contribution >= 4 is 5.91 Å². The van der Waals surface area contributed by atoms with Crippen molar-refractivity contribution in [1.29, 1.82) is 5.26 Å². The monoisotopic (exact) mass is 394 g/mol. The molecule has 7 heteroatoms. The quantitative estimate of drug-likeness (QED) is 0.793. The Labute approximate surface area is 169 Å². The number of hydrogen-bond donors (Lipinski definition) is 0. The SMILES string of the molecule is N#Cc1nc(C(=O)N2CCCN(C3CCC3)CC2)ccc1Oc1ccc(F)cc1. The molecule has 0 atom stereocenters. The lowest BCUT2D eigenvalue weighted by atomic mass is 9.91. The van der Waals surface area contributed by atoms with E-state index in [1.165, 1.54) is 43.5 Å². The number of hydrogen-bond acceptors (Lipinski definition) is 5. The third kappa shape index (κ3) is 4.38. The number of nitrogens with zero attached hydrogens (tertiary/aromatic N) is 4. The molecule has 1 saturated heterocycles. The van der Waals surface area contributed by atoms with E-state index in [-0.39, 0.29) is 28.9 Å². The predicted molar refractivity (Wildman–Crippen MR) is 105 cm³/mol. The number of nitriles is 1. The van der Waals surface area contributed by atoms with Crippen LogP contribution in [-0.2, 0) is 0 Å². The lowest BCUT2D eigenvalue weighted by Crippen LogP contribution is -2.42. The second-order valence-electron chi connectivity index (χ2n) is 7.48. The zero-order chi connectivity index (χ0) is 20.2. The molecule has 0 unspecified atom stereocenters. The number of carbonyl (C=O) groups excluding carboxylic acids is 1. The Morgan fingerprint density at radius 2 is 1.86 bits per heavy atom. The molecule has 6 nitrogen and oxygen atoms in total. The van der Waals surface area contributed by atoms with Gasteiger partial charge in [0.1, 0.15) is 23.3 Å². The fourth-order valence-electron chi connectivity index (χ4n) is 3.78. The second-order valence-corrected chi connectivity index (χ2v) is 7.48. The van der Waals surface area contributed by atoms with Crippen molar-refractivity contribution in [2.24, 2.45) is 0 Å². The lowest BCUT2D eigenvalue weighted by molar-refractivity contribution is 0.0743. The zero-order valence-electron chi connectivity index (χ0n) is 16.2. The number of rotatable bonds is 4. The van der Waals surface area contributed by atoms with E-state index in [9.17, 15) is 14.4 Å². The molecule has 1 aromatic carbocycles. The Balaban J connectivity index is 1.45. The van der Waals surface area contributed by atoms with E-state index in [0.717, 1.165) is 19.5 Å². The number of pyridine rings is 1. The predicted octanol–water partition coefficient (Wildman–Crippen LogP) is 3.59. The van der Waals surface area contributed by atoms with Gasteiger partial charge in [-0.15, -0.1) is 0 Å². The van der Waals surface area contributed by atoms with Crippen LogP contribution in [0.25, 0.3) is 0 Å². The van der Waals surface area contributed by atoms with Gasteiger partial charge in [0.25, 0.3) is 5.91 Å². The minimum Gasteiger partial charge on any atom is -0.454 e. The van der Waals surface area contributed by atoms with E-state index in [0.29, 0.717) is 24.9 Å². The molecule has 29 heavy (non-hydrogen) atoms. The van der Waals surface area contributed by atoms with Gasteiger partial charge in [-0.1, -0.05) is 6.42 Å². The van der Waals surface area contributed by atoms with Crippen LogP contribution < -0.4 is 4.74 Å². The third-order valence-corrected chi connectivity index (χ3v) is 5.63. The average Bonchev–Trinajstić information content (AvgIpc) is 2.94. The second kappa shape index (κ2) is 8.58. The molecule has 4 rings (SSSR count). The summed E-state index contributed by atoms with van der Waals surface area (Å²) in [5.41, 5.74) is 0.274. The molecule has 2 heterocycles. The highest BCUT2D eigenvalue weighted by Crippen LogP contribution is 2.27. The van der Waals surface area contributed by atoms with Crippen LogP contribution in [0.5, 0.6) is 11.5 Å². The van der Waals surface area contributed by atoms with E-state index >= 15 is 0 Å². The normalized spacial score (nSPS) is 17.9. The van der Waals surface area contributed by atoms with Crippen molar-refractivity contribution in [3.05, 3.63) is 53.6 Å². The summed E-state index contributed by atoms with van der Waals surface area (Å²) in [4.78, 5) is 21.5. The van der Waals surface area contributed by atoms with Crippen LogP contribution in [0.4, 0.5) is 4.39 Å². The van der Waals surface area contributed by atoms with Gasteiger partial charge in [0, 0.05) is 32.2 Å². The van der Waals surface area contributed by atoms with Crippen molar-refractivity contribution in [1.82, 2.24) is 14.8 Å². The van der Waals surface area contributed by atoms with E-state index < -0.39 is 0 Å². The molecule has 0 N–H and O–H groups in total. The van der Waals surface area contributed by atoms with Gasteiger partial charge in [-0.25, -0.2) is 9.37 Å². The highest BCUT2D eigenvalue weighted by molar-refractivity contribution is 5.92. The van der Waals surface area contributed by atoms with Gasteiger partial charge in [-0.2, -0.15) is 5.26 Å². The Kier molecular flexibility index (Phi) is 5.72. The number of aromatic nitrogens is 1. The third-order valence-electron chi connectivity index (χ3n) is 5.63. The fourth-order valence-corrected chi connectivity index (χ4v) is 3.78. The number of halogens is 1.